The average molecular weight is 217 g/mol. The molecule has 0 saturated carbocycles. The highest BCUT2D eigenvalue weighted by Gasteiger charge is 2.15. The Kier molecular flexibility index (Phi) is 3.47. The Morgan fingerprint density at radius 1 is 1.57 bits per heavy atom. The molecule has 0 aliphatic carbocycles. The van der Waals surface area contributed by atoms with Gasteiger partial charge in [-0.25, -0.2) is 9.18 Å². The first-order valence-electron chi connectivity index (χ1n) is 4.19. The quantitative estimate of drug-likeness (QED) is 0.711. The number of benzene rings is 1. The molecule has 0 aliphatic heterocycles. The van der Waals surface area contributed by atoms with Crippen LogP contribution in [0.15, 0.2) is 12.1 Å². The first-order valence-corrected chi connectivity index (χ1v) is 4.56. The van der Waals surface area contributed by atoms with Gasteiger partial charge in [0.25, 0.3) is 0 Å². The van der Waals surface area contributed by atoms with E-state index in [2.05, 4.69) is 0 Å². The van der Waals surface area contributed by atoms with Crippen molar-refractivity contribution >= 4 is 17.6 Å². The maximum atomic E-state index is 12.8. The van der Waals surface area contributed by atoms with Crippen molar-refractivity contribution in [3.8, 4) is 0 Å². The van der Waals surface area contributed by atoms with Crippen LogP contribution in [0.4, 0.5) is 4.39 Å². The Hall–Kier alpha value is -1.09. The van der Waals surface area contributed by atoms with E-state index < -0.39 is 11.8 Å². The normalized spacial score (nSPS) is 10.0. The lowest BCUT2D eigenvalue weighted by molar-refractivity contribution is 0.0525. The lowest BCUT2D eigenvalue weighted by atomic mass is 10.1. The fraction of sp³-hybridized carbons (Fsp3) is 0.300. The Labute approximate surface area is 86.6 Å². The van der Waals surface area contributed by atoms with Crippen molar-refractivity contribution in [2.75, 3.05) is 6.61 Å². The predicted molar refractivity (Wildman–Crippen MR) is 52.1 cm³/mol. The summed E-state index contributed by atoms with van der Waals surface area (Å²) in [5, 5.41) is 0.0842. The number of carbonyl (C=O) groups excluding carboxylic acids is 1. The van der Waals surface area contributed by atoms with Gasteiger partial charge in [-0.3, -0.25) is 0 Å². The summed E-state index contributed by atoms with van der Waals surface area (Å²) in [5.41, 5.74) is 0.711. The summed E-state index contributed by atoms with van der Waals surface area (Å²) in [6.07, 6.45) is 0. The van der Waals surface area contributed by atoms with E-state index in [0.29, 0.717) is 5.56 Å². The van der Waals surface area contributed by atoms with Crippen LogP contribution in [0.25, 0.3) is 0 Å². The van der Waals surface area contributed by atoms with Crippen molar-refractivity contribution in [1.82, 2.24) is 0 Å². The monoisotopic (exact) mass is 216 g/mol. The maximum absolute atomic E-state index is 12.8. The van der Waals surface area contributed by atoms with E-state index >= 15 is 0 Å². The fourth-order valence-corrected chi connectivity index (χ4v) is 1.49. The van der Waals surface area contributed by atoms with Gasteiger partial charge in [-0.15, -0.1) is 0 Å². The first kappa shape index (κ1) is 11.0. The molecule has 0 atom stereocenters. The van der Waals surface area contributed by atoms with Crippen molar-refractivity contribution < 1.29 is 13.9 Å². The molecular weight excluding hydrogens is 207 g/mol. The minimum absolute atomic E-state index is 0.0842. The molecule has 1 aromatic carbocycles. The number of halogens is 2. The van der Waals surface area contributed by atoms with E-state index in [0.717, 1.165) is 6.07 Å². The number of ether oxygens (including phenoxy) is 1. The highest BCUT2D eigenvalue weighted by atomic mass is 35.5. The van der Waals surface area contributed by atoms with Gasteiger partial charge < -0.3 is 4.74 Å². The van der Waals surface area contributed by atoms with E-state index in [4.69, 9.17) is 16.3 Å². The molecule has 0 heterocycles. The summed E-state index contributed by atoms with van der Waals surface area (Å²) in [6.45, 7) is 3.58. The number of hydrogen-bond donors (Lipinski definition) is 0. The highest BCUT2D eigenvalue weighted by Crippen LogP contribution is 2.22. The van der Waals surface area contributed by atoms with Crippen molar-refractivity contribution in [3.63, 3.8) is 0 Å². The van der Waals surface area contributed by atoms with E-state index in [1.807, 2.05) is 0 Å². The molecule has 1 rings (SSSR count). The third-order valence-corrected chi connectivity index (χ3v) is 2.03. The van der Waals surface area contributed by atoms with Gasteiger partial charge in [-0.05, 0) is 31.5 Å². The van der Waals surface area contributed by atoms with Crippen LogP contribution in [-0.4, -0.2) is 12.6 Å². The molecule has 0 N–H and O–H groups in total. The van der Waals surface area contributed by atoms with Gasteiger partial charge in [0, 0.05) is 0 Å². The van der Waals surface area contributed by atoms with Crippen LogP contribution < -0.4 is 0 Å². The summed E-state index contributed by atoms with van der Waals surface area (Å²) < 4.78 is 17.6. The Bertz CT molecular complexity index is 340. The number of esters is 1. The molecule has 0 saturated heterocycles. The van der Waals surface area contributed by atoms with E-state index in [9.17, 15) is 9.18 Å². The smallest absolute Gasteiger partial charge is 0.339 e. The molecule has 4 heteroatoms. The first-order chi connectivity index (χ1) is 6.56. The van der Waals surface area contributed by atoms with Gasteiger partial charge in [0.1, 0.15) is 5.82 Å². The van der Waals surface area contributed by atoms with Crippen LogP contribution in [-0.2, 0) is 4.74 Å². The van der Waals surface area contributed by atoms with Gasteiger partial charge in [-0.1, -0.05) is 11.6 Å². The minimum Gasteiger partial charge on any atom is -0.462 e. The molecule has 0 aromatic heterocycles. The van der Waals surface area contributed by atoms with Crippen LogP contribution in [0.1, 0.15) is 22.8 Å². The van der Waals surface area contributed by atoms with E-state index in [1.165, 1.54) is 6.07 Å². The highest BCUT2D eigenvalue weighted by molar-refractivity contribution is 6.33. The van der Waals surface area contributed by atoms with Gasteiger partial charge in [-0.2, -0.15) is 0 Å². The van der Waals surface area contributed by atoms with Crippen molar-refractivity contribution in [3.05, 3.63) is 34.1 Å². The number of rotatable bonds is 2. The standard InChI is InChI=1S/C10H10ClFO2/c1-3-14-10(13)9-6(2)4-7(12)5-8(9)11/h4-5H,3H2,1-2H3. The van der Waals surface area contributed by atoms with E-state index in [-0.39, 0.29) is 17.2 Å². The second-order valence-electron chi connectivity index (χ2n) is 2.80. The van der Waals surface area contributed by atoms with E-state index in [1.54, 1.807) is 13.8 Å². The van der Waals surface area contributed by atoms with Gasteiger partial charge in [0.15, 0.2) is 0 Å². The predicted octanol–water partition coefficient (Wildman–Crippen LogP) is 2.96. The van der Waals surface area contributed by atoms with Crippen LogP contribution in [0, 0.1) is 12.7 Å². The van der Waals surface area contributed by atoms with Crippen molar-refractivity contribution in [2.24, 2.45) is 0 Å². The zero-order valence-corrected chi connectivity index (χ0v) is 8.69. The summed E-state index contributed by atoms with van der Waals surface area (Å²) in [7, 11) is 0. The Morgan fingerprint density at radius 3 is 2.71 bits per heavy atom. The molecule has 76 valence electrons. The molecule has 0 fully saturated rings. The average Bonchev–Trinajstić information content (AvgIpc) is 2.01. The Morgan fingerprint density at radius 2 is 2.21 bits per heavy atom. The largest absolute Gasteiger partial charge is 0.462 e. The Balaban J connectivity index is 3.14. The van der Waals surface area contributed by atoms with Gasteiger partial charge in [0.05, 0.1) is 17.2 Å². The zero-order chi connectivity index (χ0) is 10.7. The number of carbonyl (C=O) groups is 1. The molecule has 0 unspecified atom stereocenters. The van der Waals surface area contributed by atoms with Crippen molar-refractivity contribution in [1.29, 1.82) is 0 Å². The third kappa shape index (κ3) is 2.23. The minimum atomic E-state index is -0.519. The zero-order valence-electron chi connectivity index (χ0n) is 7.93. The van der Waals surface area contributed by atoms with Gasteiger partial charge >= 0.3 is 5.97 Å². The molecule has 0 amide bonds. The molecule has 0 bridgehead atoms. The summed E-state index contributed by atoms with van der Waals surface area (Å²) in [5.74, 6) is -0.976. The molecule has 2 nitrogen and oxygen atoms in total. The van der Waals surface area contributed by atoms with Crippen LogP contribution in [0.3, 0.4) is 0 Å². The number of hydrogen-bond acceptors (Lipinski definition) is 2. The molecular formula is C10H10ClFO2. The van der Waals surface area contributed by atoms with Crippen molar-refractivity contribution in [2.45, 2.75) is 13.8 Å². The fourth-order valence-electron chi connectivity index (χ4n) is 1.16. The summed E-state index contributed by atoms with van der Waals surface area (Å²) in [4.78, 5) is 11.4. The topological polar surface area (TPSA) is 26.3 Å². The second-order valence-corrected chi connectivity index (χ2v) is 3.21. The SMILES string of the molecule is CCOC(=O)c1c(C)cc(F)cc1Cl. The molecule has 0 aliphatic rings. The molecule has 14 heavy (non-hydrogen) atoms. The summed E-state index contributed by atoms with van der Waals surface area (Å²) >= 11 is 5.72. The molecule has 0 radical (unpaired) electrons. The van der Waals surface area contributed by atoms with Crippen LogP contribution >= 0.6 is 11.6 Å². The second kappa shape index (κ2) is 4.42. The third-order valence-electron chi connectivity index (χ3n) is 1.73. The number of aryl methyl sites for hydroxylation is 1. The summed E-state index contributed by atoms with van der Waals surface area (Å²) in [6, 6.07) is 2.35. The van der Waals surface area contributed by atoms with Crippen LogP contribution in [0.5, 0.6) is 0 Å². The van der Waals surface area contributed by atoms with Gasteiger partial charge in [0.2, 0.25) is 0 Å². The maximum Gasteiger partial charge on any atom is 0.339 e. The van der Waals surface area contributed by atoms with Crippen LogP contribution in [0.2, 0.25) is 5.02 Å². The molecule has 0 spiro atoms. The molecule has 1 aromatic rings. The lowest BCUT2D eigenvalue weighted by Gasteiger charge is -2.07. The lowest BCUT2D eigenvalue weighted by Crippen LogP contribution is -2.07.